The molecule has 1 saturated heterocycles. The summed E-state index contributed by atoms with van der Waals surface area (Å²) in [5, 5.41) is 6.86. The number of benzene rings is 1. The smallest absolute Gasteiger partial charge is 0.224 e. The number of ether oxygens (including phenoxy) is 1. The van der Waals surface area contributed by atoms with Gasteiger partial charge < -0.3 is 20.3 Å². The lowest BCUT2D eigenvalue weighted by molar-refractivity contribution is -0.115. The monoisotopic (exact) mass is 472 g/mol. The molecule has 1 amide bonds. The minimum atomic E-state index is -0.145. The molecule has 31 heavy (non-hydrogen) atoms. The molecule has 1 fully saturated rings. The van der Waals surface area contributed by atoms with Crippen LogP contribution in [-0.2, 0) is 4.79 Å². The Morgan fingerprint density at radius 3 is 2.81 bits per heavy atom. The number of hydrogen-bond acceptors (Lipinski definition) is 5. The van der Waals surface area contributed by atoms with Crippen LogP contribution in [0.2, 0.25) is 4.34 Å². The number of carbonyl (C=O) groups excluding carboxylic acids is 1. The van der Waals surface area contributed by atoms with Crippen molar-refractivity contribution in [3.05, 3.63) is 69.6 Å². The van der Waals surface area contributed by atoms with Crippen LogP contribution in [0.4, 0.5) is 11.4 Å². The molecule has 2 aromatic heterocycles. The van der Waals surface area contributed by atoms with Crippen molar-refractivity contribution >= 4 is 57.5 Å². The van der Waals surface area contributed by atoms with E-state index in [-0.39, 0.29) is 18.0 Å². The van der Waals surface area contributed by atoms with Crippen molar-refractivity contribution in [2.24, 2.45) is 0 Å². The van der Waals surface area contributed by atoms with Crippen molar-refractivity contribution in [3.8, 4) is 5.75 Å². The molecule has 4 rings (SSSR count). The first-order valence-corrected chi connectivity index (χ1v) is 11.4. The maximum Gasteiger partial charge on any atom is 0.224 e. The summed E-state index contributed by atoms with van der Waals surface area (Å²) in [6.45, 7) is 1.80. The fourth-order valence-corrected chi connectivity index (χ4v) is 5.12. The van der Waals surface area contributed by atoms with Gasteiger partial charge in [0.15, 0.2) is 5.11 Å². The Balaban J connectivity index is 1.76. The first-order chi connectivity index (χ1) is 15.0. The molecule has 0 aliphatic carbocycles. The third-order valence-corrected chi connectivity index (χ3v) is 6.66. The summed E-state index contributed by atoms with van der Waals surface area (Å²) in [5.41, 5.74) is 2.35. The topological polar surface area (TPSA) is 66.5 Å². The van der Waals surface area contributed by atoms with Crippen LogP contribution in [-0.4, -0.2) is 23.1 Å². The number of thiophene rings is 1. The van der Waals surface area contributed by atoms with E-state index < -0.39 is 0 Å². The van der Waals surface area contributed by atoms with Crippen LogP contribution in [0.25, 0.3) is 0 Å². The molecular formula is C22H21ClN4O2S2. The summed E-state index contributed by atoms with van der Waals surface area (Å²) < 4.78 is 6.26. The predicted molar refractivity (Wildman–Crippen MR) is 129 cm³/mol. The van der Waals surface area contributed by atoms with Crippen molar-refractivity contribution in [2.75, 3.05) is 17.3 Å². The zero-order chi connectivity index (χ0) is 22.0. The van der Waals surface area contributed by atoms with Gasteiger partial charge in [0.1, 0.15) is 5.75 Å². The summed E-state index contributed by atoms with van der Waals surface area (Å²) in [6.07, 6.45) is 2.16. The molecule has 2 atom stereocenters. The van der Waals surface area contributed by atoms with Crippen LogP contribution in [0.3, 0.4) is 0 Å². The molecule has 2 N–H and O–H groups in total. The normalized spacial score (nSPS) is 18.0. The molecule has 0 spiro atoms. The number of thiocarbonyl (C=S) groups is 1. The molecule has 9 heteroatoms. The number of nitrogens with one attached hydrogen (secondary N) is 2. The number of hydrogen-bond donors (Lipinski definition) is 2. The number of halogens is 1. The SMILES string of the molecule is CCC(=O)Nc1ccc(N2C(=S)N[C@H](c3ccccn3)[C@H]2c2ccc(Cl)s2)cc1OC. The number of nitrogens with zero attached hydrogens (tertiary/aromatic N) is 2. The number of aromatic nitrogens is 1. The van der Waals surface area contributed by atoms with Crippen molar-refractivity contribution in [1.82, 2.24) is 10.3 Å². The van der Waals surface area contributed by atoms with Crippen LogP contribution >= 0.6 is 35.2 Å². The van der Waals surface area contributed by atoms with Crippen LogP contribution in [0.15, 0.2) is 54.7 Å². The summed E-state index contributed by atoms with van der Waals surface area (Å²) >= 11 is 13.5. The van der Waals surface area contributed by atoms with Gasteiger partial charge in [-0.3, -0.25) is 9.78 Å². The third kappa shape index (κ3) is 4.37. The zero-order valence-corrected chi connectivity index (χ0v) is 19.4. The lowest BCUT2D eigenvalue weighted by Crippen LogP contribution is -2.29. The molecule has 3 heterocycles. The predicted octanol–water partition coefficient (Wildman–Crippen LogP) is 5.33. The van der Waals surface area contributed by atoms with E-state index in [0.29, 0.717) is 27.3 Å². The van der Waals surface area contributed by atoms with Crippen LogP contribution in [0, 0.1) is 0 Å². The van der Waals surface area contributed by atoms with Gasteiger partial charge in [-0.15, -0.1) is 11.3 Å². The Morgan fingerprint density at radius 2 is 2.16 bits per heavy atom. The number of rotatable bonds is 6. The summed E-state index contributed by atoms with van der Waals surface area (Å²) in [6, 6.07) is 15.1. The lowest BCUT2D eigenvalue weighted by Gasteiger charge is -2.27. The standard InChI is InChI=1S/C22H21ClN4O2S2/c1-3-19(28)25-14-8-7-13(12-16(14)29-2)27-21(17-9-10-18(23)31-17)20(26-22(27)30)15-6-4-5-11-24-15/h4-12,20-21H,3H2,1-2H3,(H,25,28)(H,26,30)/t20-,21-/m1/s1. The molecule has 1 aromatic carbocycles. The number of carbonyl (C=O) groups is 1. The molecule has 1 aliphatic heterocycles. The number of methoxy groups -OCH3 is 1. The van der Waals surface area contributed by atoms with Gasteiger partial charge in [0.2, 0.25) is 5.91 Å². The highest BCUT2D eigenvalue weighted by Crippen LogP contribution is 2.45. The van der Waals surface area contributed by atoms with Gasteiger partial charge in [0.05, 0.1) is 34.9 Å². The second-order valence-corrected chi connectivity index (χ2v) is 9.06. The minimum Gasteiger partial charge on any atom is -0.494 e. The van der Waals surface area contributed by atoms with Crippen LogP contribution in [0.5, 0.6) is 5.75 Å². The molecule has 0 unspecified atom stereocenters. The Bertz CT molecular complexity index is 1110. The first kappa shape index (κ1) is 21.5. The van der Waals surface area contributed by atoms with Gasteiger partial charge in [0, 0.05) is 29.2 Å². The molecule has 0 saturated carbocycles. The Labute approximate surface area is 195 Å². The van der Waals surface area contributed by atoms with Crippen molar-refractivity contribution in [2.45, 2.75) is 25.4 Å². The average Bonchev–Trinajstić information content (AvgIpc) is 3.37. The number of anilines is 2. The maximum atomic E-state index is 11.9. The highest BCUT2D eigenvalue weighted by molar-refractivity contribution is 7.80. The summed E-state index contributed by atoms with van der Waals surface area (Å²) in [5.74, 6) is 0.483. The molecule has 0 radical (unpaired) electrons. The lowest BCUT2D eigenvalue weighted by atomic mass is 10.0. The van der Waals surface area contributed by atoms with Gasteiger partial charge in [-0.2, -0.15) is 0 Å². The molecule has 3 aromatic rings. The van der Waals surface area contributed by atoms with E-state index in [1.54, 1.807) is 20.2 Å². The van der Waals surface area contributed by atoms with Gasteiger partial charge in [-0.05, 0) is 48.6 Å². The van der Waals surface area contributed by atoms with E-state index in [0.717, 1.165) is 16.3 Å². The van der Waals surface area contributed by atoms with Gasteiger partial charge in [-0.1, -0.05) is 24.6 Å². The first-order valence-electron chi connectivity index (χ1n) is 9.75. The third-order valence-electron chi connectivity index (χ3n) is 5.04. The Kier molecular flexibility index (Phi) is 6.41. The highest BCUT2D eigenvalue weighted by atomic mass is 35.5. The molecular weight excluding hydrogens is 452 g/mol. The second kappa shape index (κ2) is 9.21. The van der Waals surface area contributed by atoms with E-state index in [4.69, 9.17) is 28.6 Å². The van der Waals surface area contributed by atoms with Gasteiger partial charge in [0.25, 0.3) is 0 Å². The summed E-state index contributed by atoms with van der Waals surface area (Å²) in [7, 11) is 1.58. The molecule has 0 bridgehead atoms. The van der Waals surface area contributed by atoms with Gasteiger partial charge >= 0.3 is 0 Å². The largest absolute Gasteiger partial charge is 0.494 e. The number of amides is 1. The molecule has 160 valence electrons. The quantitative estimate of drug-likeness (QED) is 0.472. The molecule has 6 nitrogen and oxygen atoms in total. The summed E-state index contributed by atoms with van der Waals surface area (Å²) in [4.78, 5) is 19.5. The van der Waals surface area contributed by atoms with E-state index in [2.05, 4.69) is 15.6 Å². The fourth-order valence-electron chi connectivity index (χ4n) is 3.58. The Hall–Kier alpha value is -2.68. The van der Waals surface area contributed by atoms with Crippen LogP contribution in [0.1, 0.15) is 36.0 Å². The fraction of sp³-hybridized carbons (Fsp3) is 0.227. The highest BCUT2D eigenvalue weighted by Gasteiger charge is 2.41. The van der Waals surface area contributed by atoms with Crippen molar-refractivity contribution < 1.29 is 9.53 Å². The minimum absolute atomic E-state index is 0.0780. The van der Waals surface area contributed by atoms with Crippen molar-refractivity contribution in [3.63, 3.8) is 0 Å². The zero-order valence-electron chi connectivity index (χ0n) is 17.0. The van der Waals surface area contributed by atoms with Gasteiger partial charge in [-0.25, -0.2) is 0 Å². The van der Waals surface area contributed by atoms with E-state index >= 15 is 0 Å². The number of pyridine rings is 1. The average molecular weight is 473 g/mol. The maximum absolute atomic E-state index is 11.9. The van der Waals surface area contributed by atoms with E-state index in [1.807, 2.05) is 53.4 Å². The second-order valence-electron chi connectivity index (χ2n) is 6.92. The van der Waals surface area contributed by atoms with E-state index in [9.17, 15) is 4.79 Å². The Morgan fingerprint density at radius 1 is 1.32 bits per heavy atom. The van der Waals surface area contributed by atoms with E-state index in [1.165, 1.54) is 11.3 Å². The van der Waals surface area contributed by atoms with Crippen LogP contribution < -0.4 is 20.3 Å². The molecule has 1 aliphatic rings. The van der Waals surface area contributed by atoms with Crippen molar-refractivity contribution in [1.29, 1.82) is 0 Å².